The highest BCUT2D eigenvalue weighted by Crippen LogP contribution is 2.12. The third kappa shape index (κ3) is 2.82. The number of carbonyl (C=O) groups is 1. The van der Waals surface area contributed by atoms with E-state index in [1.807, 2.05) is 24.5 Å². The summed E-state index contributed by atoms with van der Waals surface area (Å²) in [5.41, 5.74) is 4.27. The van der Waals surface area contributed by atoms with E-state index in [-0.39, 0.29) is 5.91 Å². The van der Waals surface area contributed by atoms with E-state index in [0.29, 0.717) is 6.42 Å². The van der Waals surface area contributed by atoms with Crippen LogP contribution in [0.25, 0.3) is 11.0 Å². The van der Waals surface area contributed by atoms with Crippen molar-refractivity contribution in [2.45, 2.75) is 25.8 Å². The van der Waals surface area contributed by atoms with Gasteiger partial charge in [-0.2, -0.15) is 0 Å². The van der Waals surface area contributed by atoms with E-state index in [1.165, 1.54) is 0 Å². The van der Waals surface area contributed by atoms with Gasteiger partial charge in [-0.25, -0.2) is 10.8 Å². The smallest absolute Gasteiger partial charge is 0.233 e. The predicted molar refractivity (Wildman–Crippen MR) is 65.9 cm³/mol. The van der Waals surface area contributed by atoms with Crippen LogP contribution < -0.4 is 11.3 Å². The molecule has 2 rings (SSSR count). The fourth-order valence-electron chi connectivity index (χ4n) is 1.83. The van der Waals surface area contributed by atoms with E-state index >= 15 is 0 Å². The highest BCUT2D eigenvalue weighted by Gasteiger charge is 2.02. The van der Waals surface area contributed by atoms with E-state index in [9.17, 15) is 4.79 Å². The average molecular weight is 232 g/mol. The summed E-state index contributed by atoms with van der Waals surface area (Å²) in [6.07, 6.45) is 4.08. The Kier molecular flexibility index (Phi) is 3.72. The molecule has 2 aromatic rings. The number of nitrogens with one attached hydrogen (secondary N) is 1. The first-order chi connectivity index (χ1) is 8.31. The number of nitrogens with two attached hydrogens (primary N) is 1. The first-order valence-corrected chi connectivity index (χ1v) is 5.70. The van der Waals surface area contributed by atoms with Gasteiger partial charge in [0.2, 0.25) is 5.91 Å². The molecule has 0 aliphatic rings. The van der Waals surface area contributed by atoms with Gasteiger partial charge in [0.1, 0.15) is 0 Å². The van der Waals surface area contributed by atoms with Crippen LogP contribution in [0.2, 0.25) is 0 Å². The highest BCUT2D eigenvalue weighted by atomic mass is 16.2. The molecule has 1 heterocycles. The Labute approximate surface area is 99.6 Å². The molecule has 0 unspecified atom stereocenters. The largest absolute Gasteiger partial charge is 0.331 e. The van der Waals surface area contributed by atoms with E-state index in [4.69, 9.17) is 5.84 Å². The number of benzene rings is 1. The van der Waals surface area contributed by atoms with Gasteiger partial charge in [-0.05, 0) is 25.0 Å². The van der Waals surface area contributed by atoms with Gasteiger partial charge in [-0.15, -0.1) is 0 Å². The standard InChI is InChI=1S/C12H16N4O/c13-15-12(17)7-3-4-8-16-9-14-10-5-1-2-6-11(10)16/h1-2,5-6,9H,3-4,7-8,13H2,(H,15,17). The molecule has 0 spiro atoms. The topological polar surface area (TPSA) is 72.9 Å². The normalized spacial score (nSPS) is 10.6. The molecular formula is C12H16N4O. The first kappa shape index (κ1) is 11.6. The van der Waals surface area contributed by atoms with E-state index < -0.39 is 0 Å². The number of hydrazine groups is 1. The van der Waals surface area contributed by atoms with Crippen molar-refractivity contribution in [3.05, 3.63) is 30.6 Å². The Hall–Kier alpha value is -1.88. The van der Waals surface area contributed by atoms with Crippen LogP contribution in [0, 0.1) is 0 Å². The van der Waals surface area contributed by atoms with Crippen molar-refractivity contribution >= 4 is 16.9 Å². The number of hydrogen-bond donors (Lipinski definition) is 2. The molecule has 3 N–H and O–H groups in total. The molecule has 5 heteroatoms. The van der Waals surface area contributed by atoms with Gasteiger partial charge in [0.15, 0.2) is 0 Å². The zero-order chi connectivity index (χ0) is 12.1. The number of aromatic nitrogens is 2. The van der Waals surface area contributed by atoms with Crippen LogP contribution in [0.3, 0.4) is 0 Å². The monoisotopic (exact) mass is 232 g/mol. The first-order valence-electron chi connectivity index (χ1n) is 5.70. The predicted octanol–water partition coefficient (Wildman–Crippen LogP) is 1.20. The van der Waals surface area contributed by atoms with Gasteiger partial charge in [-0.1, -0.05) is 12.1 Å². The molecule has 5 nitrogen and oxygen atoms in total. The van der Waals surface area contributed by atoms with Crippen LogP contribution in [-0.4, -0.2) is 15.5 Å². The summed E-state index contributed by atoms with van der Waals surface area (Å²) < 4.78 is 2.11. The number of aryl methyl sites for hydroxylation is 1. The van der Waals surface area contributed by atoms with Gasteiger partial charge in [-0.3, -0.25) is 10.2 Å². The third-order valence-electron chi connectivity index (χ3n) is 2.74. The fraction of sp³-hybridized carbons (Fsp3) is 0.333. The lowest BCUT2D eigenvalue weighted by molar-refractivity contribution is -0.121. The maximum Gasteiger partial charge on any atom is 0.233 e. The zero-order valence-electron chi connectivity index (χ0n) is 9.60. The number of nitrogens with zero attached hydrogens (tertiary/aromatic N) is 2. The minimum Gasteiger partial charge on any atom is -0.331 e. The van der Waals surface area contributed by atoms with Crippen molar-refractivity contribution in [1.82, 2.24) is 15.0 Å². The lowest BCUT2D eigenvalue weighted by Gasteiger charge is -2.03. The van der Waals surface area contributed by atoms with E-state index in [0.717, 1.165) is 30.4 Å². The number of fused-ring (bicyclic) bond motifs is 1. The summed E-state index contributed by atoms with van der Waals surface area (Å²) in [7, 11) is 0. The van der Waals surface area contributed by atoms with Crippen LogP contribution in [0.1, 0.15) is 19.3 Å². The zero-order valence-corrected chi connectivity index (χ0v) is 9.60. The number of carbonyl (C=O) groups excluding carboxylic acids is 1. The molecular weight excluding hydrogens is 216 g/mol. The molecule has 0 aliphatic carbocycles. The van der Waals surface area contributed by atoms with Crippen LogP contribution in [0.5, 0.6) is 0 Å². The Bertz CT molecular complexity index is 506. The molecule has 1 aromatic heterocycles. The second-order valence-electron chi connectivity index (χ2n) is 3.95. The van der Waals surface area contributed by atoms with Crippen molar-refractivity contribution in [3.63, 3.8) is 0 Å². The third-order valence-corrected chi connectivity index (χ3v) is 2.74. The summed E-state index contributed by atoms with van der Waals surface area (Å²) in [5, 5.41) is 0. The maximum absolute atomic E-state index is 10.9. The van der Waals surface area contributed by atoms with Gasteiger partial charge >= 0.3 is 0 Å². The van der Waals surface area contributed by atoms with Crippen molar-refractivity contribution < 1.29 is 4.79 Å². The van der Waals surface area contributed by atoms with Gasteiger partial charge < -0.3 is 4.57 Å². The summed E-state index contributed by atoms with van der Waals surface area (Å²) >= 11 is 0. The molecule has 0 radical (unpaired) electrons. The maximum atomic E-state index is 10.9. The van der Waals surface area contributed by atoms with Crippen LogP contribution in [0.4, 0.5) is 0 Å². The second kappa shape index (κ2) is 5.45. The van der Waals surface area contributed by atoms with Crippen LogP contribution >= 0.6 is 0 Å². The van der Waals surface area contributed by atoms with Crippen molar-refractivity contribution in [1.29, 1.82) is 0 Å². The van der Waals surface area contributed by atoms with Crippen LogP contribution in [0.15, 0.2) is 30.6 Å². The number of unbranched alkanes of at least 4 members (excludes halogenated alkanes) is 1. The summed E-state index contributed by atoms with van der Waals surface area (Å²) in [6, 6.07) is 8.02. The van der Waals surface area contributed by atoms with Gasteiger partial charge in [0.25, 0.3) is 0 Å². The Morgan fingerprint density at radius 3 is 3.00 bits per heavy atom. The molecule has 0 fully saturated rings. The molecule has 0 saturated carbocycles. The minimum absolute atomic E-state index is 0.111. The Morgan fingerprint density at radius 2 is 2.18 bits per heavy atom. The SMILES string of the molecule is NNC(=O)CCCCn1cnc2ccccc21. The highest BCUT2D eigenvalue weighted by molar-refractivity contribution is 5.75. The van der Waals surface area contributed by atoms with E-state index in [1.54, 1.807) is 0 Å². The summed E-state index contributed by atoms with van der Waals surface area (Å²) in [4.78, 5) is 15.2. The molecule has 90 valence electrons. The Balaban J connectivity index is 1.89. The lowest BCUT2D eigenvalue weighted by Crippen LogP contribution is -2.29. The molecule has 1 amide bonds. The summed E-state index contributed by atoms with van der Waals surface area (Å²) in [6.45, 7) is 0.873. The second-order valence-corrected chi connectivity index (χ2v) is 3.95. The molecule has 0 bridgehead atoms. The van der Waals surface area contributed by atoms with E-state index in [2.05, 4.69) is 21.0 Å². The molecule has 0 aliphatic heterocycles. The minimum atomic E-state index is -0.111. The van der Waals surface area contributed by atoms with Gasteiger partial charge in [0.05, 0.1) is 17.4 Å². The quantitative estimate of drug-likeness (QED) is 0.352. The van der Waals surface area contributed by atoms with Crippen molar-refractivity contribution in [2.75, 3.05) is 0 Å². The number of rotatable bonds is 5. The van der Waals surface area contributed by atoms with Crippen molar-refractivity contribution in [2.24, 2.45) is 5.84 Å². The number of amides is 1. The van der Waals surface area contributed by atoms with Crippen molar-refractivity contribution in [3.8, 4) is 0 Å². The number of imidazole rings is 1. The number of para-hydroxylation sites is 2. The average Bonchev–Trinajstić information content (AvgIpc) is 2.78. The Morgan fingerprint density at radius 1 is 1.35 bits per heavy atom. The fourth-order valence-corrected chi connectivity index (χ4v) is 1.83. The summed E-state index contributed by atoms with van der Waals surface area (Å²) in [5.74, 6) is 4.90. The van der Waals surface area contributed by atoms with Crippen LogP contribution in [-0.2, 0) is 11.3 Å². The molecule has 0 saturated heterocycles. The molecule has 17 heavy (non-hydrogen) atoms. The van der Waals surface area contributed by atoms with Gasteiger partial charge in [0, 0.05) is 13.0 Å². The molecule has 0 atom stereocenters. The molecule has 1 aromatic carbocycles. The lowest BCUT2D eigenvalue weighted by atomic mass is 10.2. The number of hydrogen-bond acceptors (Lipinski definition) is 3.